The van der Waals surface area contributed by atoms with E-state index in [2.05, 4.69) is 20.8 Å². The molecule has 1 heteroatoms. The molecule has 4 fully saturated rings. The lowest BCUT2D eigenvalue weighted by Crippen LogP contribution is -2.54. The van der Waals surface area contributed by atoms with Gasteiger partial charge in [-0.05, 0) is 105 Å². The SMILES string of the molecule is CCCCCCCC[C@H]1CC[C@H]2[C@@H]3CC[C@H]4C[C@H](N)CC[C@]4(C)[C@H]3CC[C@]12C. The first-order valence-electron chi connectivity index (χ1n) is 13.2. The van der Waals surface area contributed by atoms with Crippen molar-refractivity contribution in [3.63, 3.8) is 0 Å². The first kappa shape index (κ1) is 21.2. The van der Waals surface area contributed by atoms with E-state index < -0.39 is 0 Å². The number of hydrogen-bond acceptors (Lipinski definition) is 1. The fourth-order valence-electron chi connectivity index (χ4n) is 9.05. The van der Waals surface area contributed by atoms with E-state index in [9.17, 15) is 0 Å². The highest BCUT2D eigenvalue weighted by molar-refractivity contribution is 5.09. The molecule has 0 radical (unpaired) electrons. The molecule has 0 aromatic heterocycles. The third-order valence-electron chi connectivity index (χ3n) is 10.8. The molecule has 28 heavy (non-hydrogen) atoms. The third kappa shape index (κ3) is 3.72. The van der Waals surface area contributed by atoms with Crippen LogP contribution in [0.2, 0.25) is 0 Å². The van der Waals surface area contributed by atoms with Crippen LogP contribution in [0.25, 0.3) is 0 Å². The molecule has 0 aliphatic heterocycles. The van der Waals surface area contributed by atoms with Crippen molar-refractivity contribution in [2.24, 2.45) is 46.2 Å². The second-order valence-electron chi connectivity index (χ2n) is 12.1. The molecule has 162 valence electrons. The Bertz CT molecular complexity index is 514. The molecule has 0 spiro atoms. The van der Waals surface area contributed by atoms with Gasteiger partial charge in [0, 0.05) is 6.04 Å². The predicted molar refractivity (Wildman–Crippen MR) is 121 cm³/mol. The Morgan fingerprint density at radius 3 is 2.29 bits per heavy atom. The summed E-state index contributed by atoms with van der Waals surface area (Å²) in [5.74, 6) is 5.08. The van der Waals surface area contributed by atoms with E-state index in [1.807, 2.05) is 0 Å². The van der Waals surface area contributed by atoms with E-state index in [0.29, 0.717) is 16.9 Å². The molecule has 0 aromatic rings. The first-order valence-corrected chi connectivity index (χ1v) is 13.2. The molecule has 0 heterocycles. The van der Waals surface area contributed by atoms with E-state index in [0.717, 1.165) is 29.6 Å². The van der Waals surface area contributed by atoms with Crippen LogP contribution < -0.4 is 5.73 Å². The Labute approximate surface area is 176 Å². The van der Waals surface area contributed by atoms with Crippen molar-refractivity contribution in [1.29, 1.82) is 0 Å². The van der Waals surface area contributed by atoms with E-state index in [1.165, 1.54) is 89.9 Å². The van der Waals surface area contributed by atoms with Gasteiger partial charge < -0.3 is 5.73 Å². The Hall–Kier alpha value is -0.0400. The fraction of sp³-hybridized carbons (Fsp3) is 1.00. The van der Waals surface area contributed by atoms with Gasteiger partial charge in [0.25, 0.3) is 0 Å². The summed E-state index contributed by atoms with van der Waals surface area (Å²) >= 11 is 0. The molecule has 4 rings (SSSR count). The molecule has 0 bridgehead atoms. The maximum atomic E-state index is 6.38. The molecule has 0 unspecified atom stereocenters. The highest BCUT2D eigenvalue weighted by Crippen LogP contribution is 2.67. The molecule has 4 aliphatic rings. The van der Waals surface area contributed by atoms with E-state index in [-0.39, 0.29) is 0 Å². The summed E-state index contributed by atoms with van der Waals surface area (Å²) in [5, 5.41) is 0. The molecule has 0 amide bonds. The summed E-state index contributed by atoms with van der Waals surface area (Å²) in [6.07, 6.45) is 23.5. The molecule has 8 atom stereocenters. The van der Waals surface area contributed by atoms with Gasteiger partial charge >= 0.3 is 0 Å². The molecule has 2 N–H and O–H groups in total. The van der Waals surface area contributed by atoms with Crippen LogP contribution in [0.3, 0.4) is 0 Å². The van der Waals surface area contributed by atoms with Gasteiger partial charge in [-0.1, -0.05) is 59.3 Å². The van der Waals surface area contributed by atoms with Crippen LogP contribution in [0, 0.1) is 40.4 Å². The van der Waals surface area contributed by atoms with Gasteiger partial charge in [-0.15, -0.1) is 0 Å². The van der Waals surface area contributed by atoms with Crippen LogP contribution in [0.5, 0.6) is 0 Å². The van der Waals surface area contributed by atoms with E-state index in [4.69, 9.17) is 5.73 Å². The molecule has 0 aromatic carbocycles. The number of rotatable bonds is 7. The fourth-order valence-corrected chi connectivity index (χ4v) is 9.05. The standard InChI is InChI=1S/C27H49N/c1-4-5-6-7-8-9-10-20-12-14-24-23-13-11-21-19-22(28)15-17-27(21,3)25(23)16-18-26(20,24)2/h20-25H,4-19,28H2,1-3H3/t20-,21-,22+,23-,24-,25-,26+,27-/m0/s1. The maximum absolute atomic E-state index is 6.38. The normalized spacial score (nSPS) is 48.0. The zero-order valence-corrected chi connectivity index (χ0v) is 19.4. The van der Waals surface area contributed by atoms with Gasteiger partial charge in [0.2, 0.25) is 0 Å². The smallest absolute Gasteiger partial charge is 0.00418 e. The average Bonchev–Trinajstić information content (AvgIpc) is 3.01. The number of hydrogen-bond donors (Lipinski definition) is 1. The van der Waals surface area contributed by atoms with E-state index in [1.54, 1.807) is 12.8 Å². The van der Waals surface area contributed by atoms with Gasteiger partial charge in [0.15, 0.2) is 0 Å². The Balaban J connectivity index is 1.37. The lowest BCUT2D eigenvalue weighted by atomic mass is 9.44. The summed E-state index contributed by atoms with van der Waals surface area (Å²) in [7, 11) is 0. The van der Waals surface area contributed by atoms with Gasteiger partial charge in [0.1, 0.15) is 0 Å². The summed E-state index contributed by atoms with van der Waals surface area (Å²) in [5.41, 5.74) is 7.68. The Kier molecular flexibility index (Phi) is 6.51. The van der Waals surface area contributed by atoms with Gasteiger partial charge in [-0.25, -0.2) is 0 Å². The molecular weight excluding hydrogens is 338 g/mol. The van der Waals surface area contributed by atoms with Crippen molar-refractivity contribution in [3.05, 3.63) is 0 Å². The van der Waals surface area contributed by atoms with Crippen LogP contribution in [0.1, 0.15) is 124 Å². The quantitative estimate of drug-likeness (QED) is 0.444. The Morgan fingerprint density at radius 2 is 1.46 bits per heavy atom. The maximum Gasteiger partial charge on any atom is 0.00418 e. The Morgan fingerprint density at radius 1 is 0.750 bits per heavy atom. The topological polar surface area (TPSA) is 26.0 Å². The zero-order valence-electron chi connectivity index (χ0n) is 19.4. The summed E-state index contributed by atoms with van der Waals surface area (Å²) in [6.45, 7) is 7.74. The van der Waals surface area contributed by atoms with Crippen LogP contribution in [-0.2, 0) is 0 Å². The molecule has 4 saturated carbocycles. The van der Waals surface area contributed by atoms with Crippen LogP contribution in [0.4, 0.5) is 0 Å². The average molecular weight is 388 g/mol. The molecule has 0 saturated heterocycles. The minimum absolute atomic E-state index is 0.497. The zero-order chi connectivity index (χ0) is 19.8. The van der Waals surface area contributed by atoms with Gasteiger partial charge in [-0.3, -0.25) is 0 Å². The number of unbranched alkanes of at least 4 members (excludes halogenated alkanes) is 5. The van der Waals surface area contributed by atoms with Gasteiger partial charge in [-0.2, -0.15) is 0 Å². The van der Waals surface area contributed by atoms with Crippen molar-refractivity contribution in [1.82, 2.24) is 0 Å². The van der Waals surface area contributed by atoms with Gasteiger partial charge in [0.05, 0.1) is 0 Å². The second kappa shape index (κ2) is 8.60. The highest BCUT2D eigenvalue weighted by Gasteiger charge is 2.59. The van der Waals surface area contributed by atoms with Crippen molar-refractivity contribution < 1.29 is 0 Å². The minimum atomic E-state index is 0.497. The van der Waals surface area contributed by atoms with Crippen molar-refractivity contribution in [2.75, 3.05) is 0 Å². The van der Waals surface area contributed by atoms with Crippen molar-refractivity contribution >= 4 is 0 Å². The highest BCUT2D eigenvalue weighted by atomic mass is 14.7. The minimum Gasteiger partial charge on any atom is -0.328 e. The monoisotopic (exact) mass is 387 g/mol. The largest absolute Gasteiger partial charge is 0.328 e. The molecular formula is C27H49N. The lowest BCUT2D eigenvalue weighted by molar-refractivity contribution is -0.113. The van der Waals surface area contributed by atoms with Crippen LogP contribution in [-0.4, -0.2) is 6.04 Å². The first-order chi connectivity index (χ1) is 13.5. The van der Waals surface area contributed by atoms with Crippen molar-refractivity contribution in [2.45, 2.75) is 130 Å². The second-order valence-corrected chi connectivity index (χ2v) is 12.1. The predicted octanol–water partition coefficient (Wildman–Crippen LogP) is 7.72. The van der Waals surface area contributed by atoms with E-state index >= 15 is 0 Å². The number of nitrogens with two attached hydrogens (primary N) is 1. The number of fused-ring (bicyclic) bond motifs is 5. The molecule has 1 nitrogen and oxygen atoms in total. The lowest BCUT2D eigenvalue weighted by Gasteiger charge is -2.61. The summed E-state index contributed by atoms with van der Waals surface area (Å²) in [6, 6.07) is 0.497. The third-order valence-corrected chi connectivity index (χ3v) is 10.8. The summed E-state index contributed by atoms with van der Waals surface area (Å²) < 4.78 is 0. The molecule has 4 aliphatic carbocycles. The van der Waals surface area contributed by atoms with Crippen LogP contribution in [0.15, 0.2) is 0 Å². The van der Waals surface area contributed by atoms with Crippen molar-refractivity contribution in [3.8, 4) is 0 Å². The van der Waals surface area contributed by atoms with Crippen LogP contribution >= 0.6 is 0 Å². The summed E-state index contributed by atoms with van der Waals surface area (Å²) in [4.78, 5) is 0.